The van der Waals surface area contributed by atoms with E-state index in [1.165, 1.54) is 12.1 Å². The molecule has 4 rings (SSSR count). The van der Waals surface area contributed by atoms with Crippen molar-refractivity contribution in [2.24, 2.45) is 0 Å². The largest absolute Gasteiger partial charge is 0.349 e. The standard InChI is InChI=1S/C21H21FN4OS/c22-17-8-6-15(7-9-17)14-19-24-25-21(28-19)26-12-10-18(11-13-26)23-20(27)16-4-2-1-3-5-16/h1-9,18H,10-14H2,(H,23,27). The molecule has 7 heteroatoms. The van der Waals surface area contributed by atoms with E-state index in [0.717, 1.165) is 41.6 Å². The molecule has 0 unspecified atom stereocenters. The third-order valence-corrected chi connectivity index (χ3v) is 5.85. The van der Waals surface area contributed by atoms with E-state index in [2.05, 4.69) is 20.4 Å². The van der Waals surface area contributed by atoms with Gasteiger partial charge in [0.25, 0.3) is 5.91 Å². The molecular weight excluding hydrogens is 375 g/mol. The van der Waals surface area contributed by atoms with E-state index in [1.54, 1.807) is 23.5 Å². The summed E-state index contributed by atoms with van der Waals surface area (Å²) in [5, 5.41) is 13.5. The van der Waals surface area contributed by atoms with Crippen molar-refractivity contribution in [1.29, 1.82) is 0 Å². The Bertz CT molecular complexity index is 921. The van der Waals surface area contributed by atoms with Crippen LogP contribution in [0.15, 0.2) is 54.6 Å². The van der Waals surface area contributed by atoms with Crippen molar-refractivity contribution < 1.29 is 9.18 Å². The van der Waals surface area contributed by atoms with E-state index < -0.39 is 0 Å². The number of nitrogens with one attached hydrogen (secondary N) is 1. The van der Waals surface area contributed by atoms with Crippen LogP contribution in [0.25, 0.3) is 0 Å². The first-order chi connectivity index (χ1) is 13.7. The molecule has 1 fully saturated rings. The maximum atomic E-state index is 13.0. The molecule has 28 heavy (non-hydrogen) atoms. The second-order valence-electron chi connectivity index (χ2n) is 6.88. The lowest BCUT2D eigenvalue weighted by Crippen LogP contribution is -2.44. The van der Waals surface area contributed by atoms with E-state index in [4.69, 9.17) is 0 Å². The average molecular weight is 396 g/mol. The van der Waals surface area contributed by atoms with Crippen molar-refractivity contribution in [2.45, 2.75) is 25.3 Å². The first-order valence-corrected chi connectivity index (χ1v) is 10.2. The number of benzene rings is 2. The number of amides is 1. The van der Waals surface area contributed by atoms with Gasteiger partial charge in [0, 0.05) is 31.1 Å². The van der Waals surface area contributed by atoms with Crippen molar-refractivity contribution in [3.8, 4) is 0 Å². The summed E-state index contributed by atoms with van der Waals surface area (Å²) in [5.41, 5.74) is 1.71. The maximum absolute atomic E-state index is 13.0. The van der Waals surface area contributed by atoms with Gasteiger partial charge in [-0.05, 0) is 42.7 Å². The van der Waals surface area contributed by atoms with Gasteiger partial charge in [-0.1, -0.05) is 41.7 Å². The van der Waals surface area contributed by atoms with Gasteiger partial charge >= 0.3 is 0 Å². The molecule has 3 aromatic rings. The normalized spacial score (nSPS) is 14.8. The highest BCUT2D eigenvalue weighted by atomic mass is 32.1. The smallest absolute Gasteiger partial charge is 0.251 e. The Morgan fingerprint density at radius 1 is 1.07 bits per heavy atom. The summed E-state index contributed by atoms with van der Waals surface area (Å²) in [6, 6.07) is 16.0. The van der Waals surface area contributed by atoms with E-state index in [1.807, 2.05) is 30.3 Å². The van der Waals surface area contributed by atoms with Crippen LogP contribution in [-0.4, -0.2) is 35.2 Å². The van der Waals surface area contributed by atoms with Crippen LogP contribution >= 0.6 is 11.3 Å². The van der Waals surface area contributed by atoms with Crippen LogP contribution in [0.1, 0.15) is 33.8 Å². The lowest BCUT2D eigenvalue weighted by atomic mass is 10.0. The summed E-state index contributed by atoms with van der Waals surface area (Å²) in [6.07, 6.45) is 2.42. The molecule has 5 nitrogen and oxygen atoms in total. The fourth-order valence-corrected chi connectivity index (χ4v) is 4.22. The summed E-state index contributed by atoms with van der Waals surface area (Å²) < 4.78 is 13.0. The lowest BCUT2D eigenvalue weighted by Gasteiger charge is -2.31. The number of nitrogens with zero attached hydrogens (tertiary/aromatic N) is 3. The number of aromatic nitrogens is 2. The zero-order valence-electron chi connectivity index (χ0n) is 15.3. The highest BCUT2D eigenvalue weighted by Gasteiger charge is 2.23. The first kappa shape index (κ1) is 18.6. The van der Waals surface area contributed by atoms with Gasteiger partial charge in [-0.25, -0.2) is 4.39 Å². The number of halogens is 1. The zero-order valence-corrected chi connectivity index (χ0v) is 16.2. The molecule has 1 N–H and O–H groups in total. The Hall–Kier alpha value is -2.80. The topological polar surface area (TPSA) is 58.1 Å². The minimum atomic E-state index is -0.232. The molecule has 2 heterocycles. The summed E-state index contributed by atoms with van der Waals surface area (Å²) in [4.78, 5) is 14.5. The van der Waals surface area contributed by atoms with E-state index in [0.29, 0.717) is 12.0 Å². The van der Waals surface area contributed by atoms with Gasteiger partial charge in [0.05, 0.1) is 0 Å². The molecule has 1 saturated heterocycles. The first-order valence-electron chi connectivity index (χ1n) is 9.35. The van der Waals surface area contributed by atoms with E-state index >= 15 is 0 Å². The molecule has 1 aliphatic heterocycles. The van der Waals surface area contributed by atoms with Crippen LogP contribution in [0, 0.1) is 5.82 Å². The predicted octanol–water partition coefficient (Wildman–Crippen LogP) is 3.67. The van der Waals surface area contributed by atoms with Gasteiger partial charge in [0.1, 0.15) is 10.8 Å². The molecule has 1 amide bonds. The molecule has 1 aromatic heterocycles. The number of carbonyl (C=O) groups is 1. The average Bonchev–Trinajstić information content (AvgIpc) is 3.19. The number of anilines is 1. The van der Waals surface area contributed by atoms with E-state index in [-0.39, 0.29) is 17.8 Å². The van der Waals surface area contributed by atoms with Crippen LogP contribution in [0.5, 0.6) is 0 Å². The Morgan fingerprint density at radius 3 is 2.50 bits per heavy atom. The molecule has 0 aliphatic carbocycles. The van der Waals surface area contributed by atoms with Crippen molar-refractivity contribution in [3.05, 3.63) is 76.5 Å². The monoisotopic (exact) mass is 396 g/mol. The van der Waals surface area contributed by atoms with Crippen LogP contribution in [0.3, 0.4) is 0 Å². The second-order valence-corrected chi connectivity index (χ2v) is 7.92. The molecule has 144 valence electrons. The van der Waals surface area contributed by atoms with Crippen LogP contribution in [0.2, 0.25) is 0 Å². The van der Waals surface area contributed by atoms with Crippen molar-refractivity contribution >= 4 is 22.4 Å². The summed E-state index contributed by atoms with van der Waals surface area (Å²) in [6.45, 7) is 1.68. The Labute approximate surface area is 167 Å². The summed E-state index contributed by atoms with van der Waals surface area (Å²) in [7, 11) is 0. The number of hydrogen-bond acceptors (Lipinski definition) is 5. The third kappa shape index (κ3) is 4.54. The van der Waals surface area contributed by atoms with Gasteiger partial charge < -0.3 is 10.2 Å². The SMILES string of the molecule is O=C(NC1CCN(c2nnc(Cc3ccc(F)cc3)s2)CC1)c1ccccc1. The van der Waals surface area contributed by atoms with Crippen molar-refractivity contribution in [1.82, 2.24) is 15.5 Å². The number of piperidine rings is 1. The van der Waals surface area contributed by atoms with Gasteiger partial charge in [-0.2, -0.15) is 0 Å². The minimum absolute atomic E-state index is 0.0171. The Morgan fingerprint density at radius 2 is 1.79 bits per heavy atom. The van der Waals surface area contributed by atoms with Gasteiger partial charge in [0.15, 0.2) is 0 Å². The fourth-order valence-electron chi connectivity index (χ4n) is 3.29. The zero-order chi connectivity index (χ0) is 19.3. The van der Waals surface area contributed by atoms with Crippen LogP contribution in [0.4, 0.5) is 9.52 Å². The van der Waals surface area contributed by atoms with Crippen LogP contribution < -0.4 is 10.2 Å². The van der Waals surface area contributed by atoms with Gasteiger partial charge in [-0.15, -0.1) is 10.2 Å². The molecule has 2 aromatic carbocycles. The quantitative estimate of drug-likeness (QED) is 0.715. The molecule has 0 atom stereocenters. The van der Waals surface area contributed by atoms with Crippen molar-refractivity contribution in [2.75, 3.05) is 18.0 Å². The predicted molar refractivity (Wildman–Crippen MR) is 108 cm³/mol. The molecule has 1 aliphatic rings. The molecule has 0 radical (unpaired) electrons. The van der Waals surface area contributed by atoms with Gasteiger partial charge in [-0.3, -0.25) is 4.79 Å². The molecule has 0 bridgehead atoms. The fraction of sp³-hybridized carbons (Fsp3) is 0.286. The highest BCUT2D eigenvalue weighted by Crippen LogP contribution is 2.25. The van der Waals surface area contributed by atoms with Crippen molar-refractivity contribution in [3.63, 3.8) is 0 Å². The second kappa shape index (κ2) is 8.48. The minimum Gasteiger partial charge on any atom is -0.349 e. The lowest BCUT2D eigenvalue weighted by molar-refractivity contribution is 0.0931. The third-order valence-electron chi connectivity index (χ3n) is 4.86. The van der Waals surface area contributed by atoms with Crippen LogP contribution in [-0.2, 0) is 6.42 Å². The summed E-state index contributed by atoms with van der Waals surface area (Å²) in [5.74, 6) is -0.250. The molecule has 0 spiro atoms. The summed E-state index contributed by atoms with van der Waals surface area (Å²) >= 11 is 1.57. The highest BCUT2D eigenvalue weighted by molar-refractivity contribution is 7.15. The van der Waals surface area contributed by atoms with Gasteiger partial charge in [0.2, 0.25) is 5.13 Å². The molecule has 0 saturated carbocycles. The number of rotatable bonds is 5. The maximum Gasteiger partial charge on any atom is 0.251 e. The Balaban J connectivity index is 1.30. The number of carbonyl (C=O) groups excluding carboxylic acids is 1. The van der Waals surface area contributed by atoms with E-state index in [9.17, 15) is 9.18 Å². The Kier molecular flexibility index (Phi) is 5.62. The molecular formula is C21H21FN4OS. The number of hydrogen-bond donors (Lipinski definition) is 1.